The van der Waals surface area contributed by atoms with Gasteiger partial charge in [0, 0.05) is 29.9 Å². The van der Waals surface area contributed by atoms with Crippen molar-refractivity contribution in [1.29, 1.82) is 0 Å². The summed E-state index contributed by atoms with van der Waals surface area (Å²) in [4.78, 5) is 38.0. The highest BCUT2D eigenvalue weighted by molar-refractivity contribution is 6.05. The molecule has 2 unspecified atom stereocenters. The number of likely N-dealkylation sites (tertiary alicyclic amines) is 1. The minimum atomic E-state index is -0.898. The number of benzene rings is 2. The molecule has 2 amide bonds. The van der Waals surface area contributed by atoms with Crippen LogP contribution in [0.4, 0.5) is 10.1 Å². The van der Waals surface area contributed by atoms with Gasteiger partial charge in [0.2, 0.25) is 0 Å². The van der Waals surface area contributed by atoms with Gasteiger partial charge in [-0.15, -0.1) is 0 Å². The van der Waals surface area contributed by atoms with Crippen LogP contribution in [0.15, 0.2) is 48.5 Å². The third-order valence-corrected chi connectivity index (χ3v) is 4.77. The molecule has 1 aliphatic rings. The maximum Gasteiger partial charge on any atom is 0.308 e. The molecule has 28 heavy (non-hydrogen) atoms. The van der Waals surface area contributed by atoms with E-state index in [1.54, 1.807) is 29.2 Å². The van der Waals surface area contributed by atoms with E-state index < -0.39 is 23.6 Å². The molecule has 0 aromatic heterocycles. The number of carbonyl (C=O) groups is 3. The second kappa shape index (κ2) is 8.21. The van der Waals surface area contributed by atoms with Crippen LogP contribution in [0.5, 0.6) is 0 Å². The lowest BCUT2D eigenvalue weighted by atomic mass is 9.90. The summed E-state index contributed by atoms with van der Waals surface area (Å²) in [6.45, 7) is 2.59. The highest BCUT2D eigenvalue weighted by atomic mass is 19.1. The van der Waals surface area contributed by atoms with Gasteiger partial charge in [0.1, 0.15) is 5.82 Å². The van der Waals surface area contributed by atoms with E-state index in [1.165, 1.54) is 24.3 Å². The number of hydrogen-bond acceptors (Lipinski definition) is 3. The zero-order valence-electron chi connectivity index (χ0n) is 15.4. The number of aliphatic carboxylic acids is 1. The van der Waals surface area contributed by atoms with Crippen molar-refractivity contribution in [2.45, 2.75) is 13.3 Å². The fourth-order valence-corrected chi connectivity index (χ4v) is 3.41. The predicted octanol–water partition coefficient (Wildman–Crippen LogP) is 3.26. The summed E-state index contributed by atoms with van der Waals surface area (Å²) < 4.78 is 13.0. The molecule has 1 fully saturated rings. The van der Waals surface area contributed by atoms with Crippen LogP contribution in [-0.2, 0) is 4.79 Å². The van der Waals surface area contributed by atoms with Gasteiger partial charge in [-0.05, 0) is 54.8 Å². The Kier molecular flexibility index (Phi) is 5.73. The Bertz CT molecular complexity index is 898. The van der Waals surface area contributed by atoms with Crippen molar-refractivity contribution in [1.82, 2.24) is 4.90 Å². The molecular weight excluding hydrogens is 363 g/mol. The SMILES string of the molecule is CC1CC(C(=O)O)CN(C(=O)c2cccc(NC(=O)c3ccc(F)cc3)c2)C1. The first-order valence-corrected chi connectivity index (χ1v) is 9.02. The second-order valence-electron chi connectivity index (χ2n) is 7.13. The summed E-state index contributed by atoms with van der Waals surface area (Å²) in [5.74, 6) is -2.49. The molecule has 0 aliphatic carbocycles. The summed E-state index contributed by atoms with van der Waals surface area (Å²) in [5, 5.41) is 12.0. The largest absolute Gasteiger partial charge is 0.481 e. The molecule has 0 saturated carbocycles. The topological polar surface area (TPSA) is 86.7 Å². The molecule has 2 aromatic carbocycles. The van der Waals surface area contributed by atoms with Crippen molar-refractivity contribution >= 4 is 23.5 Å². The number of hydrogen-bond donors (Lipinski definition) is 2. The Morgan fingerprint density at radius 2 is 1.79 bits per heavy atom. The Balaban J connectivity index is 1.73. The lowest BCUT2D eigenvalue weighted by molar-refractivity contribution is -0.143. The minimum Gasteiger partial charge on any atom is -0.481 e. The van der Waals surface area contributed by atoms with E-state index in [2.05, 4.69) is 5.32 Å². The lowest BCUT2D eigenvalue weighted by Gasteiger charge is -2.34. The molecule has 2 aromatic rings. The van der Waals surface area contributed by atoms with Crippen molar-refractivity contribution in [3.05, 3.63) is 65.5 Å². The first-order valence-electron chi connectivity index (χ1n) is 9.02. The van der Waals surface area contributed by atoms with Crippen LogP contribution in [-0.4, -0.2) is 40.9 Å². The normalized spacial score (nSPS) is 19.1. The fraction of sp³-hybridized carbons (Fsp3) is 0.286. The van der Waals surface area contributed by atoms with Gasteiger partial charge in [-0.2, -0.15) is 0 Å². The molecule has 0 radical (unpaired) electrons. The average molecular weight is 384 g/mol. The Morgan fingerprint density at radius 1 is 1.07 bits per heavy atom. The van der Waals surface area contributed by atoms with Crippen LogP contribution in [0.25, 0.3) is 0 Å². The number of nitrogens with zero attached hydrogens (tertiary/aromatic N) is 1. The summed E-state index contributed by atoms with van der Waals surface area (Å²) in [6, 6.07) is 11.6. The smallest absolute Gasteiger partial charge is 0.308 e. The predicted molar refractivity (Wildman–Crippen MR) is 102 cm³/mol. The third kappa shape index (κ3) is 4.54. The first kappa shape index (κ1) is 19.5. The van der Waals surface area contributed by atoms with Crippen LogP contribution >= 0.6 is 0 Å². The number of anilines is 1. The number of halogens is 1. The van der Waals surface area contributed by atoms with Crippen LogP contribution in [0.3, 0.4) is 0 Å². The van der Waals surface area contributed by atoms with Crippen molar-refractivity contribution in [2.24, 2.45) is 11.8 Å². The molecule has 0 bridgehead atoms. The van der Waals surface area contributed by atoms with E-state index in [1.807, 2.05) is 6.92 Å². The van der Waals surface area contributed by atoms with Gasteiger partial charge in [-0.3, -0.25) is 14.4 Å². The first-order chi connectivity index (χ1) is 13.3. The van der Waals surface area contributed by atoms with Gasteiger partial charge >= 0.3 is 5.97 Å². The zero-order chi connectivity index (χ0) is 20.3. The molecular formula is C21H21FN2O4. The van der Waals surface area contributed by atoms with Crippen molar-refractivity contribution in [3.8, 4) is 0 Å². The fourth-order valence-electron chi connectivity index (χ4n) is 3.41. The lowest BCUT2D eigenvalue weighted by Crippen LogP contribution is -2.45. The van der Waals surface area contributed by atoms with E-state index in [-0.39, 0.29) is 18.4 Å². The second-order valence-corrected chi connectivity index (χ2v) is 7.13. The molecule has 2 atom stereocenters. The number of carboxylic acids is 1. The van der Waals surface area contributed by atoms with Gasteiger partial charge in [-0.1, -0.05) is 13.0 Å². The molecule has 1 aliphatic heterocycles. The van der Waals surface area contributed by atoms with E-state index >= 15 is 0 Å². The Morgan fingerprint density at radius 3 is 2.46 bits per heavy atom. The van der Waals surface area contributed by atoms with Crippen LogP contribution in [0.2, 0.25) is 0 Å². The summed E-state index contributed by atoms with van der Waals surface area (Å²) in [5.41, 5.74) is 1.10. The van der Waals surface area contributed by atoms with E-state index in [9.17, 15) is 23.9 Å². The van der Waals surface area contributed by atoms with Crippen molar-refractivity contribution in [3.63, 3.8) is 0 Å². The maximum absolute atomic E-state index is 13.0. The summed E-state index contributed by atoms with van der Waals surface area (Å²) >= 11 is 0. The monoisotopic (exact) mass is 384 g/mol. The maximum atomic E-state index is 13.0. The minimum absolute atomic E-state index is 0.0974. The van der Waals surface area contributed by atoms with E-state index in [0.717, 1.165) is 0 Å². The molecule has 3 rings (SSSR count). The number of nitrogens with one attached hydrogen (secondary N) is 1. The number of piperidine rings is 1. The van der Waals surface area contributed by atoms with Gasteiger partial charge in [0.25, 0.3) is 11.8 Å². The number of carbonyl (C=O) groups excluding carboxylic acids is 2. The summed E-state index contributed by atoms with van der Waals surface area (Å²) in [7, 11) is 0. The van der Waals surface area contributed by atoms with Gasteiger partial charge in [0.15, 0.2) is 0 Å². The van der Waals surface area contributed by atoms with Gasteiger partial charge in [0.05, 0.1) is 5.92 Å². The van der Waals surface area contributed by atoms with Crippen molar-refractivity contribution < 1.29 is 23.9 Å². The zero-order valence-corrected chi connectivity index (χ0v) is 15.4. The molecule has 1 saturated heterocycles. The molecule has 6 nitrogen and oxygen atoms in total. The molecule has 146 valence electrons. The number of rotatable bonds is 4. The van der Waals surface area contributed by atoms with Crippen molar-refractivity contribution in [2.75, 3.05) is 18.4 Å². The summed E-state index contributed by atoms with van der Waals surface area (Å²) in [6.07, 6.45) is 0.548. The van der Waals surface area contributed by atoms with E-state index in [0.29, 0.717) is 29.8 Å². The molecule has 1 heterocycles. The van der Waals surface area contributed by atoms with Crippen LogP contribution in [0.1, 0.15) is 34.1 Å². The Labute approximate surface area is 162 Å². The Hall–Kier alpha value is -3.22. The molecule has 2 N–H and O–H groups in total. The highest BCUT2D eigenvalue weighted by Gasteiger charge is 2.32. The molecule has 0 spiro atoms. The standard InChI is InChI=1S/C21H21FN2O4/c1-13-9-16(21(27)28)12-24(11-13)20(26)15-3-2-4-18(10-15)23-19(25)14-5-7-17(22)8-6-14/h2-8,10,13,16H,9,11-12H2,1H3,(H,23,25)(H,27,28). The number of carboxylic acid groups (broad SMARTS) is 1. The van der Waals surface area contributed by atoms with Gasteiger partial charge in [-0.25, -0.2) is 4.39 Å². The van der Waals surface area contributed by atoms with Gasteiger partial charge < -0.3 is 15.3 Å². The quantitative estimate of drug-likeness (QED) is 0.847. The average Bonchev–Trinajstić information content (AvgIpc) is 2.67. The number of amides is 2. The highest BCUT2D eigenvalue weighted by Crippen LogP contribution is 2.24. The van der Waals surface area contributed by atoms with E-state index in [4.69, 9.17) is 0 Å². The molecule has 7 heteroatoms. The van der Waals surface area contributed by atoms with Crippen LogP contribution < -0.4 is 5.32 Å². The van der Waals surface area contributed by atoms with Crippen LogP contribution in [0, 0.1) is 17.7 Å². The third-order valence-electron chi connectivity index (χ3n) is 4.77.